The Balaban J connectivity index is 1.08. The molecule has 1 saturated heterocycles. The molecule has 6 nitrogen and oxygen atoms in total. The summed E-state index contributed by atoms with van der Waals surface area (Å²) in [4.78, 5) is 15.3. The number of nitrogens with one attached hydrogen (secondary N) is 1. The summed E-state index contributed by atoms with van der Waals surface area (Å²) >= 11 is -0.514. The third kappa shape index (κ3) is 4.69. The van der Waals surface area contributed by atoms with Crippen LogP contribution in [0.1, 0.15) is 18.4 Å². The van der Waals surface area contributed by atoms with Crippen LogP contribution in [-0.4, -0.2) is 49.3 Å². The fourth-order valence-electron chi connectivity index (χ4n) is 4.16. The summed E-state index contributed by atoms with van der Waals surface area (Å²) in [7, 11) is 0. The molecule has 5 rings (SSSR count). The first-order valence-electron chi connectivity index (χ1n) is 10.8. The Morgan fingerprint density at radius 1 is 1.16 bits per heavy atom. The van der Waals surface area contributed by atoms with E-state index in [0.717, 1.165) is 50.2 Å². The molecule has 2 unspecified atom stereocenters. The quantitative estimate of drug-likeness (QED) is 0.336. The molecule has 0 aliphatic carbocycles. The molecule has 162 valence electrons. The highest BCUT2D eigenvalue weighted by molar-refractivity contribution is 8.16. The van der Waals surface area contributed by atoms with Gasteiger partial charge in [-0.3, -0.25) is 4.90 Å². The van der Waals surface area contributed by atoms with Crippen molar-refractivity contribution in [2.24, 2.45) is 4.40 Å². The molecule has 1 aromatic heterocycles. The van der Waals surface area contributed by atoms with Crippen LogP contribution in [0.4, 0.5) is 0 Å². The molecule has 0 bridgehead atoms. The van der Waals surface area contributed by atoms with Gasteiger partial charge >= 0.3 is 5.63 Å². The molecule has 7 heteroatoms. The van der Waals surface area contributed by atoms with Crippen molar-refractivity contribution < 1.29 is 9.15 Å². The zero-order valence-corrected chi connectivity index (χ0v) is 18.3. The number of hydrogen-bond donors (Lipinski definition) is 2. The van der Waals surface area contributed by atoms with Crippen molar-refractivity contribution in [3.05, 3.63) is 70.6 Å². The standard InChI is InChI=1S/C24H27N3O3S/c28-24-10-8-18-7-9-20(15-21(18)30-24)29-14-4-3-12-27-13-11-25-23(17-27)31-22-6-2-1-5-19(22)16-26-31/h1-2,5-10,15-16,23,25,31H,3-4,11-14,17H2. The van der Waals surface area contributed by atoms with E-state index >= 15 is 0 Å². The zero-order valence-electron chi connectivity index (χ0n) is 17.4. The number of hydrogen-bond acceptors (Lipinski definition) is 6. The monoisotopic (exact) mass is 437 g/mol. The molecule has 2 aromatic carbocycles. The zero-order chi connectivity index (χ0) is 21.0. The third-order valence-electron chi connectivity index (χ3n) is 5.77. The number of thiol groups is 1. The molecule has 0 amide bonds. The van der Waals surface area contributed by atoms with Gasteiger partial charge in [-0.2, -0.15) is 0 Å². The van der Waals surface area contributed by atoms with Crippen molar-refractivity contribution in [1.29, 1.82) is 0 Å². The van der Waals surface area contributed by atoms with Gasteiger partial charge in [-0.25, -0.2) is 9.19 Å². The second-order valence-electron chi connectivity index (χ2n) is 7.93. The minimum atomic E-state index is -0.514. The van der Waals surface area contributed by atoms with Crippen LogP contribution in [0.3, 0.4) is 0 Å². The molecule has 1 fully saturated rings. The number of benzene rings is 2. The highest BCUT2D eigenvalue weighted by atomic mass is 32.2. The number of ether oxygens (including phenoxy) is 1. The second kappa shape index (κ2) is 9.26. The van der Waals surface area contributed by atoms with E-state index in [4.69, 9.17) is 13.6 Å². The van der Waals surface area contributed by atoms with E-state index in [1.807, 2.05) is 18.3 Å². The fourth-order valence-corrected chi connectivity index (χ4v) is 6.35. The maximum Gasteiger partial charge on any atom is 0.336 e. The second-order valence-corrected chi connectivity index (χ2v) is 9.95. The summed E-state index contributed by atoms with van der Waals surface area (Å²) in [6, 6.07) is 17.4. The Kier molecular flexibility index (Phi) is 6.06. The Labute approximate surface area is 184 Å². The van der Waals surface area contributed by atoms with E-state index in [1.54, 1.807) is 12.1 Å². The van der Waals surface area contributed by atoms with E-state index in [-0.39, 0.29) is 5.63 Å². The lowest BCUT2D eigenvalue weighted by Crippen LogP contribution is -2.50. The number of nitrogens with zero attached hydrogens (tertiary/aromatic N) is 2. The molecule has 31 heavy (non-hydrogen) atoms. The Hall–Kier alpha value is -2.61. The van der Waals surface area contributed by atoms with Crippen molar-refractivity contribution in [3.63, 3.8) is 0 Å². The van der Waals surface area contributed by atoms with Gasteiger partial charge in [0.15, 0.2) is 0 Å². The lowest BCUT2D eigenvalue weighted by Gasteiger charge is -2.37. The number of piperazine rings is 1. The topological polar surface area (TPSA) is 67.1 Å². The number of rotatable bonds is 7. The maximum absolute atomic E-state index is 11.4. The summed E-state index contributed by atoms with van der Waals surface area (Å²) in [6.07, 6.45) is 4.12. The summed E-state index contributed by atoms with van der Waals surface area (Å²) in [5.74, 6) is 0.740. The highest BCUT2D eigenvalue weighted by Crippen LogP contribution is 2.47. The first-order chi connectivity index (χ1) is 15.3. The average molecular weight is 438 g/mol. The molecule has 2 aliphatic heterocycles. The largest absolute Gasteiger partial charge is 0.493 e. The van der Waals surface area contributed by atoms with Gasteiger partial charge in [-0.05, 0) is 43.7 Å². The van der Waals surface area contributed by atoms with E-state index in [0.29, 0.717) is 17.6 Å². The number of unbranched alkanes of at least 4 members (excludes halogenated alkanes) is 1. The normalized spacial score (nSPS) is 21.9. The molecule has 0 spiro atoms. The van der Waals surface area contributed by atoms with Gasteiger partial charge in [0.25, 0.3) is 0 Å². The van der Waals surface area contributed by atoms with Crippen LogP contribution < -0.4 is 15.7 Å². The average Bonchev–Trinajstić information content (AvgIpc) is 3.23. The Bertz CT molecular complexity index is 1150. The lowest BCUT2D eigenvalue weighted by molar-refractivity contribution is 0.217. The Morgan fingerprint density at radius 3 is 3.03 bits per heavy atom. The Morgan fingerprint density at radius 2 is 2.06 bits per heavy atom. The van der Waals surface area contributed by atoms with E-state index in [9.17, 15) is 4.79 Å². The molecule has 2 aliphatic rings. The lowest BCUT2D eigenvalue weighted by atomic mass is 10.2. The van der Waals surface area contributed by atoms with Crippen molar-refractivity contribution in [3.8, 4) is 5.75 Å². The maximum atomic E-state index is 11.4. The molecule has 3 heterocycles. The predicted octanol–water partition coefficient (Wildman–Crippen LogP) is 3.59. The number of fused-ring (bicyclic) bond motifs is 2. The minimum absolute atomic E-state index is 0.341. The summed E-state index contributed by atoms with van der Waals surface area (Å²) in [5.41, 5.74) is 1.50. The first-order valence-corrected chi connectivity index (χ1v) is 12.2. The van der Waals surface area contributed by atoms with Gasteiger partial charge in [-0.15, -0.1) is 11.1 Å². The summed E-state index contributed by atoms with van der Waals surface area (Å²) in [5, 5.41) is 5.01. The van der Waals surface area contributed by atoms with Crippen LogP contribution in [0.25, 0.3) is 11.0 Å². The first kappa shape index (κ1) is 20.3. The molecule has 2 atom stereocenters. The minimum Gasteiger partial charge on any atom is -0.493 e. The van der Waals surface area contributed by atoms with Crippen molar-refractivity contribution >= 4 is 28.3 Å². The molecule has 0 saturated carbocycles. The molecular formula is C24H27N3O3S. The molecule has 3 aromatic rings. The van der Waals surface area contributed by atoms with Gasteiger partial charge < -0.3 is 14.5 Å². The molecule has 1 N–H and O–H groups in total. The SMILES string of the molecule is O=c1ccc2ccc(OCCCCN3CCNC([SH]4N=Cc5ccccc54)C3)cc2o1. The van der Waals surface area contributed by atoms with Gasteiger partial charge in [0.2, 0.25) is 0 Å². The van der Waals surface area contributed by atoms with Gasteiger partial charge in [-0.1, -0.05) is 18.2 Å². The highest BCUT2D eigenvalue weighted by Gasteiger charge is 2.28. The van der Waals surface area contributed by atoms with Gasteiger partial charge in [0.1, 0.15) is 11.3 Å². The summed E-state index contributed by atoms with van der Waals surface area (Å²) < 4.78 is 15.9. The fraction of sp³-hybridized carbons (Fsp3) is 0.333. The van der Waals surface area contributed by atoms with E-state index in [1.165, 1.54) is 16.5 Å². The molecule has 0 radical (unpaired) electrons. The van der Waals surface area contributed by atoms with Crippen LogP contribution in [0.2, 0.25) is 0 Å². The summed E-state index contributed by atoms with van der Waals surface area (Å²) in [6.45, 7) is 4.86. The van der Waals surface area contributed by atoms with E-state index in [2.05, 4.69) is 34.5 Å². The van der Waals surface area contributed by atoms with Crippen molar-refractivity contribution in [2.45, 2.75) is 23.1 Å². The van der Waals surface area contributed by atoms with Crippen LogP contribution in [0.15, 0.2) is 73.1 Å². The van der Waals surface area contributed by atoms with Gasteiger partial charge in [0, 0.05) is 53.8 Å². The third-order valence-corrected chi connectivity index (χ3v) is 7.97. The van der Waals surface area contributed by atoms with Crippen molar-refractivity contribution in [1.82, 2.24) is 10.2 Å². The van der Waals surface area contributed by atoms with Crippen LogP contribution in [-0.2, 0) is 0 Å². The predicted molar refractivity (Wildman–Crippen MR) is 127 cm³/mol. The van der Waals surface area contributed by atoms with Crippen LogP contribution in [0.5, 0.6) is 5.75 Å². The van der Waals surface area contributed by atoms with Crippen molar-refractivity contribution in [2.75, 3.05) is 32.8 Å². The van der Waals surface area contributed by atoms with Gasteiger partial charge in [0.05, 0.1) is 12.0 Å². The molecular weight excluding hydrogens is 410 g/mol. The smallest absolute Gasteiger partial charge is 0.336 e. The van der Waals surface area contributed by atoms with Crippen LogP contribution >= 0.6 is 11.1 Å². The van der Waals surface area contributed by atoms with E-state index < -0.39 is 11.1 Å². The van der Waals surface area contributed by atoms with Crippen LogP contribution in [0, 0.1) is 0 Å².